The number of benzene rings is 1. The van der Waals surface area contributed by atoms with Gasteiger partial charge in [0.15, 0.2) is 9.84 Å². The standard InChI is InChI=1S/C9H9BrO4S/c1-5-6(10)3-4-7(15(2,13)14)8(5)9(11)12/h3-4H,1-2H3,(H,11,12). The zero-order valence-electron chi connectivity index (χ0n) is 8.11. The van der Waals surface area contributed by atoms with Crippen molar-refractivity contribution in [2.24, 2.45) is 0 Å². The molecule has 6 heteroatoms. The van der Waals surface area contributed by atoms with Crippen molar-refractivity contribution in [3.8, 4) is 0 Å². The van der Waals surface area contributed by atoms with Crippen LogP contribution in [0.25, 0.3) is 0 Å². The van der Waals surface area contributed by atoms with E-state index in [9.17, 15) is 13.2 Å². The first kappa shape index (κ1) is 12.2. The highest BCUT2D eigenvalue weighted by Crippen LogP contribution is 2.26. The lowest BCUT2D eigenvalue weighted by atomic mass is 10.1. The van der Waals surface area contributed by atoms with Crippen molar-refractivity contribution in [2.45, 2.75) is 11.8 Å². The zero-order chi connectivity index (χ0) is 11.8. The molecule has 0 aliphatic heterocycles. The molecule has 0 fully saturated rings. The largest absolute Gasteiger partial charge is 0.478 e. The van der Waals surface area contributed by atoms with E-state index >= 15 is 0 Å². The highest BCUT2D eigenvalue weighted by atomic mass is 79.9. The molecule has 15 heavy (non-hydrogen) atoms. The van der Waals surface area contributed by atoms with E-state index in [4.69, 9.17) is 5.11 Å². The van der Waals surface area contributed by atoms with E-state index in [1.807, 2.05) is 0 Å². The summed E-state index contributed by atoms with van der Waals surface area (Å²) in [5.41, 5.74) is 0.234. The van der Waals surface area contributed by atoms with Gasteiger partial charge in [-0.05, 0) is 24.6 Å². The summed E-state index contributed by atoms with van der Waals surface area (Å²) in [7, 11) is -3.52. The average Bonchev–Trinajstić information content (AvgIpc) is 2.06. The fourth-order valence-corrected chi connectivity index (χ4v) is 2.49. The first-order valence-corrected chi connectivity index (χ1v) is 6.66. The summed E-state index contributed by atoms with van der Waals surface area (Å²) in [6, 6.07) is 2.81. The molecule has 0 saturated carbocycles. The molecule has 0 spiro atoms. The van der Waals surface area contributed by atoms with Gasteiger partial charge in [0, 0.05) is 10.7 Å². The quantitative estimate of drug-likeness (QED) is 0.903. The van der Waals surface area contributed by atoms with Crippen LogP contribution in [0.3, 0.4) is 0 Å². The monoisotopic (exact) mass is 292 g/mol. The fraction of sp³-hybridized carbons (Fsp3) is 0.222. The molecule has 1 aromatic rings. The van der Waals surface area contributed by atoms with Crippen molar-refractivity contribution in [3.05, 3.63) is 27.7 Å². The van der Waals surface area contributed by atoms with Crippen molar-refractivity contribution < 1.29 is 18.3 Å². The van der Waals surface area contributed by atoms with E-state index in [0.29, 0.717) is 10.0 Å². The van der Waals surface area contributed by atoms with Gasteiger partial charge in [-0.25, -0.2) is 13.2 Å². The first-order chi connectivity index (χ1) is 6.75. The Labute approximate surface area is 96.0 Å². The summed E-state index contributed by atoms with van der Waals surface area (Å²) >= 11 is 3.16. The van der Waals surface area contributed by atoms with Crippen molar-refractivity contribution in [1.29, 1.82) is 0 Å². The van der Waals surface area contributed by atoms with Gasteiger partial charge in [0.25, 0.3) is 0 Å². The Balaban J connectivity index is 3.70. The van der Waals surface area contributed by atoms with Crippen molar-refractivity contribution in [2.75, 3.05) is 6.26 Å². The van der Waals surface area contributed by atoms with Crippen LogP contribution in [0.4, 0.5) is 0 Å². The van der Waals surface area contributed by atoms with Crippen LogP contribution in [-0.4, -0.2) is 25.7 Å². The van der Waals surface area contributed by atoms with E-state index < -0.39 is 15.8 Å². The lowest BCUT2D eigenvalue weighted by Crippen LogP contribution is -2.10. The third-order valence-electron chi connectivity index (χ3n) is 1.97. The van der Waals surface area contributed by atoms with Gasteiger partial charge in [-0.3, -0.25) is 0 Å². The maximum Gasteiger partial charge on any atom is 0.337 e. The van der Waals surface area contributed by atoms with Gasteiger partial charge in [0.1, 0.15) is 0 Å². The number of aromatic carboxylic acids is 1. The van der Waals surface area contributed by atoms with E-state index in [2.05, 4.69) is 15.9 Å². The normalized spacial score (nSPS) is 11.4. The van der Waals surface area contributed by atoms with Crippen LogP contribution in [-0.2, 0) is 9.84 Å². The topological polar surface area (TPSA) is 71.4 Å². The molecule has 0 amide bonds. The molecule has 82 valence electrons. The maximum absolute atomic E-state index is 11.3. The van der Waals surface area contributed by atoms with Crippen LogP contribution in [0.2, 0.25) is 0 Å². The van der Waals surface area contributed by atoms with E-state index in [0.717, 1.165) is 6.26 Å². The molecule has 0 heterocycles. The summed E-state index contributed by atoms with van der Waals surface area (Å²) in [6.45, 7) is 1.56. The van der Waals surface area contributed by atoms with Gasteiger partial charge in [-0.1, -0.05) is 15.9 Å². The lowest BCUT2D eigenvalue weighted by molar-refractivity contribution is 0.0691. The number of hydrogen-bond acceptors (Lipinski definition) is 3. The second-order valence-corrected chi connectivity index (χ2v) is 5.96. The van der Waals surface area contributed by atoms with Gasteiger partial charge in [-0.2, -0.15) is 0 Å². The minimum absolute atomic E-state index is 0.157. The Morgan fingerprint density at radius 2 is 1.93 bits per heavy atom. The minimum Gasteiger partial charge on any atom is -0.478 e. The lowest BCUT2D eigenvalue weighted by Gasteiger charge is -2.08. The number of carbonyl (C=O) groups is 1. The zero-order valence-corrected chi connectivity index (χ0v) is 10.5. The smallest absolute Gasteiger partial charge is 0.337 e. The molecule has 0 aliphatic carbocycles. The predicted octanol–water partition coefficient (Wildman–Crippen LogP) is 1.86. The average molecular weight is 293 g/mol. The fourth-order valence-electron chi connectivity index (χ4n) is 1.24. The van der Waals surface area contributed by atoms with E-state index in [1.165, 1.54) is 12.1 Å². The Morgan fingerprint density at radius 1 is 1.40 bits per heavy atom. The number of sulfone groups is 1. The molecular formula is C9H9BrO4S. The molecule has 0 unspecified atom stereocenters. The Kier molecular flexibility index (Phi) is 3.20. The number of carboxylic acids is 1. The summed E-state index contributed by atoms with van der Waals surface area (Å²) in [4.78, 5) is 10.8. The molecule has 0 saturated heterocycles. The van der Waals surface area contributed by atoms with E-state index in [-0.39, 0.29) is 10.5 Å². The molecule has 0 radical (unpaired) electrons. The molecular weight excluding hydrogens is 284 g/mol. The third kappa shape index (κ3) is 2.38. The summed E-state index contributed by atoms with van der Waals surface area (Å²) in [5, 5.41) is 8.95. The van der Waals surface area contributed by atoms with Crippen LogP contribution in [0.5, 0.6) is 0 Å². The van der Waals surface area contributed by atoms with Crippen molar-refractivity contribution in [3.63, 3.8) is 0 Å². The molecule has 1 N–H and O–H groups in total. The second kappa shape index (κ2) is 3.94. The Bertz CT molecular complexity index is 519. The number of carboxylic acid groups (broad SMARTS) is 1. The molecule has 1 aromatic carbocycles. The molecule has 4 nitrogen and oxygen atoms in total. The second-order valence-electron chi connectivity index (χ2n) is 3.12. The van der Waals surface area contributed by atoms with E-state index in [1.54, 1.807) is 6.92 Å². The van der Waals surface area contributed by atoms with Crippen LogP contribution >= 0.6 is 15.9 Å². The molecule has 0 aromatic heterocycles. The van der Waals surface area contributed by atoms with Gasteiger partial charge < -0.3 is 5.11 Å². The molecule has 0 bridgehead atoms. The Morgan fingerprint density at radius 3 is 2.33 bits per heavy atom. The molecule has 1 rings (SSSR count). The SMILES string of the molecule is Cc1c(Br)ccc(S(C)(=O)=O)c1C(=O)O. The third-order valence-corrected chi connectivity index (χ3v) is 3.97. The van der Waals surface area contributed by atoms with Crippen LogP contribution < -0.4 is 0 Å². The minimum atomic E-state index is -3.52. The van der Waals surface area contributed by atoms with Crippen molar-refractivity contribution >= 4 is 31.7 Å². The Hall–Kier alpha value is -0.880. The summed E-state index contributed by atoms with van der Waals surface area (Å²) < 4.78 is 23.3. The van der Waals surface area contributed by atoms with Crippen molar-refractivity contribution in [1.82, 2.24) is 0 Å². The van der Waals surface area contributed by atoms with Crippen LogP contribution in [0.15, 0.2) is 21.5 Å². The summed E-state index contributed by atoms with van der Waals surface area (Å²) in [6.07, 6.45) is 0.988. The van der Waals surface area contributed by atoms with Gasteiger partial charge in [0.2, 0.25) is 0 Å². The van der Waals surface area contributed by atoms with Crippen LogP contribution in [0, 0.1) is 6.92 Å². The van der Waals surface area contributed by atoms with Gasteiger partial charge in [0.05, 0.1) is 10.5 Å². The maximum atomic E-state index is 11.3. The van der Waals surface area contributed by atoms with Crippen LogP contribution in [0.1, 0.15) is 15.9 Å². The highest BCUT2D eigenvalue weighted by molar-refractivity contribution is 9.10. The highest BCUT2D eigenvalue weighted by Gasteiger charge is 2.21. The molecule has 0 aliphatic rings. The number of hydrogen-bond donors (Lipinski definition) is 1. The molecule has 0 atom stereocenters. The van der Waals surface area contributed by atoms with Gasteiger partial charge in [-0.15, -0.1) is 0 Å². The number of rotatable bonds is 2. The summed E-state index contributed by atoms with van der Waals surface area (Å²) in [5.74, 6) is -1.24. The number of halogens is 1. The van der Waals surface area contributed by atoms with Gasteiger partial charge >= 0.3 is 5.97 Å². The predicted molar refractivity (Wildman–Crippen MR) is 58.9 cm³/mol. The first-order valence-electron chi connectivity index (χ1n) is 3.97.